The fourth-order valence-corrected chi connectivity index (χ4v) is 2.71. The van der Waals surface area contributed by atoms with Crippen LogP contribution in [0.5, 0.6) is 5.75 Å². The number of fused-ring (bicyclic) bond motifs is 2. The van der Waals surface area contributed by atoms with E-state index in [2.05, 4.69) is 0 Å². The van der Waals surface area contributed by atoms with Gasteiger partial charge in [-0.3, -0.25) is 0 Å². The Morgan fingerprint density at radius 3 is 2.95 bits per heavy atom. The van der Waals surface area contributed by atoms with Crippen molar-refractivity contribution >= 4 is 22.8 Å². The summed E-state index contributed by atoms with van der Waals surface area (Å²) in [6.07, 6.45) is 2.15. The molecule has 19 heavy (non-hydrogen) atoms. The highest BCUT2D eigenvalue weighted by atomic mass is 16.7. The largest absolute Gasteiger partial charge is 0.477 e. The lowest BCUT2D eigenvalue weighted by atomic mass is 9.90. The zero-order valence-electron chi connectivity index (χ0n) is 9.87. The first kappa shape index (κ1) is 10.6. The van der Waals surface area contributed by atoms with Crippen LogP contribution in [0, 0.1) is 0 Å². The monoisotopic (exact) mass is 254 g/mol. The number of hydrogen-bond donors (Lipinski definition) is 1. The highest BCUT2D eigenvalue weighted by molar-refractivity contribution is 5.98. The topological polar surface area (TPSA) is 55.8 Å². The smallest absolute Gasteiger partial charge is 0.373 e. The molecule has 5 rings (SSSR count). The Balaban J connectivity index is 2.06. The van der Waals surface area contributed by atoms with Gasteiger partial charge in [0.15, 0.2) is 0 Å². The molecule has 2 aromatic rings. The molecule has 0 aromatic heterocycles. The highest BCUT2D eigenvalue weighted by Gasteiger charge is 2.31. The molecule has 94 valence electrons. The third kappa shape index (κ3) is 1.40. The predicted octanol–water partition coefficient (Wildman–Crippen LogP) is 2.73. The van der Waals surface area contributed by atoms with Crippen LogP contribution in [0.25, 0.3) is 16.8 Å². The summed E-state index contributed by atoms with van der Waals surface area (Å²) in [4.78, 5) is 11.2. The second kappa shape index (κ2) is 3.59. The molecule has 0 amide bonds. The van der Waals surface area contributed by atoms with Crippen molar-refractivity contribution in [1.29, 1.82) is 0 Å². The number of carbonyl (C=O) groups is 1. The van der Waals surface area contributed by atoms with E-state index in [4.69, 9.17) is 14.6 Å². The Morgan fingerprint density at radius 1 is 1.21 bits per heavy atom. The predicted molar refractivity (Wildman–Crippen MR) is 68.9 cm³/mol. The van der Waals surface area contributed by atoms with Crippen LogP contribution in [-0.2, 0) is 9.53 Å². The molecule has 0 spiro atoms. The number of ether oxygens (including phenoxy) is 2. The van der Waals surface area contributed by atoms with Gasteiger partial charge in [-0.2, -0.15) is 0 Å². The lowest BCUT2D eigenvalue weighted by molar-refractivity contribution is -0.177. The Morgan fingerprint density at radius 2 is 2.11 bits per heavy atom. The summed E-state index contributed by atoms with van der Waals surface area (Å²) in [5, 5.41) is 11.3. The normalized spacial score (nSPS) is 23.2. The molecule has 2 heterocycles. The van der Waals surface area contributed by atoms with Gasteiger partial charge in [-0.25, -0.2) is 4.79 Å². The molecule has 2 atom stereocenters. The Bertz CT molecular complexity index is 732. The van der Waals surface area contributed by atoms with E-state index in [0.29, 0.717) is 5.75 Å². The van der Waals surface area contributed by atoms with Gasteiger partial charge >= 0.3 is 5.97 Å². The summed E-state index contributed by atoms with van der Waals surface area (Å²) in [5.41, 5.74) is 1.92. The fourth-order valence-electron chi connectivity index (χ4n) is 2.71. The average molecular weight is 254 g/mol. The lowest BCUT2D eigenvalue weighted by Crippen LogP contribution is -2.33. The van der Waals surface area contributed by atoms with Gasteiger partial charge in [0.05, 0.1) is 0 Å². The molecule has 0 saturated carbocycles. The molecular formula is C15H10O4. The van der Waals surface area contributed by atoms with E-state index < -0.39 is 12.3 Å². The zero-order valence-corrected chi connectivity index (χ0v) is 9.87. The van der Waals surface area contributed by atoms with Gasteiger partial charge in [0.2, 0.25) is 0 Å². The van der Waals surface area contributed by atoms with Crippen molar-refractivity contribution in [1.82, 2.24) is 0 Å². The summed E-state index contributed by atoms with van der Waals surface area (Å²) < 4.78 is 11.0. The summed E-state index contributed by atoms with van der Waals surface area (Å²) >= 11 is 0. The van der Waals surface area contributed by atoms with Gasteiger partial charge in [-0.1, -0.05) is 36.4 Å². The highest BCUT2D eigenvalue weighted by Crippen LogP contribution is 2.42. The van der Waals surface area contributed by atoms with Gasteiger partial charge in [-0.05, 0) is 22.4 Å². The SMILES string of the molecule is O=C(O)C1Oc2ccc3cccc4c3c2C=CC4O1. The van der Waals surface area contributed by atoms with Gasteiger partial charge in [-0.15, -0.1) is 0 Å². The maximum absolute atomic E-state index is 11.2. The van der Waals surface area contributed by atoms with Gasteiger partial charge in [0.1, 0.15) is 11.9 Å². The summed E-state index contributed by atoms with van der Waals surface area (Å²) in [6, 6.07) is 9.68. The molecule has 2 unspecified atom stereocenters. The average Bonchev–Trinajstić information content (AvgIpc) is 2.38. The lowest BCUT2D eigenvalue weighted by Gasteiger charge is -2.29. The van der Waals surface area contributed by atoms with Gasteiger partial charge in [0, 0.05) is 5.56 Å². The molecule has 1 N–H and O–H groups in total. The fraction of sp³-hybridized carbons (Fsp3) is 0.133. The van der Waals surface area contributed by atoms with Gasteiger partial charge < -0.3 is 14.6 Å². The minimum absolute atomic E-state index is 0.382. The van der Waals surface area contributed by atoms with Crippen LogP contribution < -0.4 is 4.74 Å². The molecule has 2 aromatic carbocycles. The second-order valence-corrected chi connectivity index (χ2v) is 4.63. The van der Waals surface area contributed by atoms with Crippen LogP contribution in [-0.4, -0.2) is 17.4 Å². The third-order valence-electron chi connectivity index (χ3n) is 3.53. The molecule has 4 bridgehead atoms. The minimum atomic E-state index is -1.28. The molecule has 4 nitrogen and oxygen atoms in total. The molecule has 0 fully saturated rings. The molecule has 4 heteroatoms. The van der Waals surface area contributed by atoms with Crippen molar-refractivity contribution in [3.05, 3.63) is 47.5 Å². The van der Waals surface area contributed by atoms with E-state index >= 15 is 0 Å². The zero-order chi connectivity index (χ0) is 13.0. The number of benzene rings is 2. The molecule has 3 aliphatic rings. The first-order chi connectivity index (χ1) is 9.24. The number of carboxylic acid groups (broad SMARTS) is 1. The van der Waals surface area contributed by atoms with Crippen LogP contribution in [0.4, 0.5) is 0 Å². The molecule has 1 aliphatic carbocycles. The standard InChI is InChI=1S/C15H10O4/c16-14(17)15-18-11-6-4-8-2-1-3-9-12(19-15)7-5-10(11)13(8)9/h1-7,12,15H,(H,16,17). The Kier molecular flexibility index (Phi) is 2.00. The third-order valence-corrected chi connectivity index (χ3v) is 3.53. The maximum Gasteiger partial charge on any atom is 0.373 e. The quantitative estimate of drug-likeness (QED) is 0.850. The van der Waals surface area contributed by atoms with Crippen LogP contribution >= 0.6 is 0 Å². The minimum Gasteiger partial charge on any atom is -0.477 e. The number of aliphatic carboxylic acids is 1. The first-order valence-electron chi connectivity index (χ1n) is 6.03. The summed E-state index contributed by atoms with van der Waals surface area (Å²) in [5.74, 6) is -0.576. The Hall–Kier alpha value is -2.33. The van der Waals surface area contributed by atoms with Gasteiger partial charge in [0.25, 0.3) is 6.29 Å². The molecule has 2 aliphatic heterocycles. The van der Waals surface area contributed by atoms with Crippen LogP contribution in [0.3, 0.4) is 0 Å². The summed E-state index contributed by atoms with van der Waals surface area (Å²) in [7, 11) is 0. The number of carboxylic acids is 1. The van der Waals surface area contributed by atoms with E-state index in [-0.39, 0.29) is 6.10 Å². The number of hydrogen-bond acceptors (Lipinski definition) is 3. The molecule has 0 radical (unpaired) electrons. The number of rotatable bonds is 1. The van der Waals surface area contributed by atoms with E-state index in [1.54, 1.807) is 6.07 Å². The van der Waals surface area contributed by atoms with Crippen molar-refractivity contribution in [2.24, 2.45) is 0 Å². The van der Waals surface area contributed by atoms with Crippen molar-refractivity contribution in [2.75, 3.05) is 0 Å². The van der Waals surface area contributed by atoms with Crippen LogP contribution in [0.15, 0.2) is 36.4 Å². The van der Waals surface area contributed by atoms with E-state index in [9.17, 15) is 4.79 Å². The first-order valence-corrected chi connectivity index (χ1v) is 6.03. The van der Waals surface area contributed by atoms with Crippen molar-refractivity contribution in [2.45, 2.75) is 12.4 Å². The van der Waals surface area contributed by atoms with E-state index in [1.807, 2.05) is 36.4 Å². The molecule has 0 saturated heterocycles. The summed E-state index contributed by atoms with van der Waals surface area (Å²) in [6.45, 7) is 0. The second-order valence-electron chi connectivity index (χ2n) is 4.63. The van der Waals surface area contributed by atoms with Crippen molar-refractivity contribution in [3.63, 3.8) is 0 Å². The van der Waals surface area contributed by atoms with E-state index in [0.717, 1.165) is 21.9 Å². The molecular weight excluding hydrogens is 244 g/mol. The van der Waals surface area contributed by atoms with E-state index in [1.165, 1.54) is 0 Å². The van der Waals surface area contributed by atoms with Crippen molar-refractivity contribution in [3.8, 4) is 5.75 Å². The van der Waals surface area contributed by atoms with Crippen LogP contribution in [0.2, 0.25) is 0 Å². The van der Waals surface area contributed by atoms with Crippen molar-refractivity contribution < 1.29 is 19.4 Å². The maximum atomic E-state index is 11.2. The Labute approximate surface area is 108 Å². The van der Waals surface area contributed by atoms with Crippen LogP contribution in [0.1, 0.15) is 17.2 Å².